The van der Waals surface area contributed by atoms with E-state index in [1.165, 1.54) is 12.8 Å². The molecule has 1 unspecified atom stereocenters. The number of hydrogen-bond donors (Lipinski definition) is 1. The van der Waals surface area contributed by atoms with Gasteiger partial charge in [0.25, 0.3) is 5.56 Å². The van der Waals surface area contributed by atoms with Crippen molar-refractivity contribution in [2.24, 2.45) is 5.92 Å². The first-order valence-corrected chi connectivity index (χ1v) is 10.5. The van der Waals surface area contributed by atoms with Gasteiger partial charge in [-0.25, -0.2) is 4.98 Å². The zero-order chi connectivity index (χ0) is 21.1. The van der Waals surface area contributed by atoms with Crippen molar-refractivity contribution in [3.63, 3.8) is 0 Å². The highest BCUT2D eigenvalue weighted by molar-refractivity contribution is 5.94. The van der Waals surface area contributed by atoms with Crippen molar-refractivity contribution in [1.82, 2.24) is 9.97 Å². The molecule has 1 aliphatic carbocycles. The summed E-state index contributed by atoms with van der Waals surface area (Å²) >= 11 is 0. The number of aromatic nitrogens is 2. The SMILES string of the molecule is COc1ccc(N(C(=O)CCCc2nc3ccccc3c(=O)[nH]2)C(C)C2CC2)cc1. The number of aromatic amines is 1. The lowest BCUT2D eigenvalue weighted by Gasteiger charge is -2.30. The van der Waals surface area contributed by atoms with E-state index in [4.69, 9.17) is 4.74 Å². The van der Waals surface area contributed by atoms with Crippen molar-refractivity contribution >= 4 is 22.5 Å². The maximum absolute atomic E-state index is 13.1. The monoisotopic (exact) mass is 405 g/mol. The number of hydrogen-bond acceptors (Lipinski definition) is 4. The molecule has 156 valence electrons. The van der Waals surface area contributed by atoms with Crippen molar-refractivity contribution in [2.75, 3.05) is 12.0 Å². The van der Waals surface area contributed by atoms with E-state index in [1.807, 2.05) is 47.4 Å². The predicted octanol–water partition coefficient (Wildman–Crippen LogP) is 4.09. The van der Waals surface area contributed by atoms with Gasteiger partial charge in [-0.05, 0) is 68.5 Å². The van der Waals surface area contributed by atoms with E-state index in [2.05, 4.69) is 16.9 Å². The molecule has 2 aromatic carbocycles. The van der Waals surface area contributed by atoms with E-state index >= 15 is 0 Å². The first-order chi connectivity index (χ1) is 14.6. The van der Waals surface area contributed by atoms with Gasteiger partial charge >= 0.3 is 0 Å². The van der Waals surface area contributed by atoms with Crippen LogP contribution in [0.25, 0.3) is 10.9 Å². The minimum atomic E-state index is -0.135. The Bertz CT molecular complexity index is 1090. The normalized spacial score (nSPS) is 14.5. The molecule has 1 N–H and O–H groups in total. The molecule has 0 radical (unpaired) electrons. The van der Waals surface area contributed by atoms with Crippen LogP contribution in [-0.2, 0) is 11.2 Å². The molecule has 1 atom stereocenters. The number of fused-ring (bicyclic) bond motifs is 1. The van der Waals surface area contributed by atoms with E-state index in [0.717, 1.165) is 11.4 Å². The lowest BCUT2D eigenvalue weighted by atomic mass is 10.1. The van der Waals surface area contributed by atoms with Crippen LogP contribution >= 0.6 is 0 Å². The average Bonchev–Trinajstić information content (AvgIpc) is 3.60. The number of carbonyl (C=O) groups is 1. The Morgan fingerprint density at radius 2 is 1.93 bits per heavy atom. The number of amides is 1. The number of benzene rings is 2. The Labute approximate surface area is 175 Å². The van der Waals surface area contributed by atoms with E-state index in [-0.39, 0.29) is 17.5 Å². The zero-order valence-electron chi connectivity index (χ0n) is 17.4. The Morgan fingerprint density at radius 3 is 2.63 bits per heavy atom. The maximum Gasteiger partial charge on any atom is 0.258 e. The van der Waals surface area contributed by atoms with Gasteiger partial charge in [0.2, 0.25) is 5.91 Å². The lowest BCUT2D eigenvalue weighted by molar-refractivity contribution is -0.119. The Kier molecular flexibility index (Phi) is 5.84. The first kappa shape index (κ1) is 20.1. The quantitative estimate of drug-likeness (QED) is 0.613. The summed E-state index contributed by atoms with van der Waals surface area (Å²) in [5.74, 6) is 2.06. The van der Waals surface area contributed by atoms with Gasteiger partial charge in [0.05, 0.1) is 18.0 Å². The number of rotatable bonds is 8. The Morgan fingerprint density at radius 1 is 1.20 bits per heavy atom. The molecule has 0 bridgehead atoms. The second kappa shape index (κ2) is 8.69. The van der Waals surface area contributed by atoms with Gasteiger partial charge in [0, 0.05) is 24.6 Å². The highest BCUT2D eigenvalue weighted by Gasteiger charge is 2.34. The molecule has 3 aromatic rings. The number of nitrogens with one attached hydrogen (secondary N) is 1. The minimum Gasteiger partial charge on any atom is -0.497 e. The molecule has 6 nitrogen and oxygen atoms in total. The molecule has 1 aliphatic rings. The maximum atomic E-state index is 13.1. The van der Waals surface area contributed by atoms with Crippen LogP contribution in [0, 0.1) is 5.92 Å². The fourth-order valence-corrected chi connectivity index (χ4v) is 3.92. The summed E-state index contributed by atoms with van der Waals surface area (Å²) in [6, 6.07) is 15.1. The third kappa shape index (κ3) is 4.37. The molecule has 1 amide bonds. The van der Waals surface area contributed by atoms with Gasteiger partial charge in [-0.1, -0.05) is 12.1 Å². The summed E-state index contributed by atoms with van der Waals surface area (Å²) in [6.07, 6.45) is 3.93. The molecular weight excluding hydrogens is 378 g/mol. The molecule has 4 rings (SSSR count). The summed E-state index contributed by atoms with van der Waals surface area (Å²) in [7, 11) is 1.63. The number of ether oxygens (including phenoxy) is 1. The summed E-state index contributed by atoms with van der Waals surface area (Å²) in [5.41, 5.74) is 1.45. The van der Waals surface area contributed by atoms with Crippen molar-refractivity contribution in [3.8, 4) is 5.75 Å². The third-order valence-electron chi connectivity index (χ3n) is 5.80. The van der Waals surface area contributed by atoms with Crippen LogP contribution in [0.4, 0.5) is 5.69 Å². The minimum absolute atomic E-state index is 0.0997. The second-order valence-electron chi connectivity index (χ2n) is 7.92. The number of para-hydroxylation sites is 1. The number of anilines is 1. The van der Waals surface area contributed by atoms with Crippen LogP contribution in [0.2, 0.25) is 0 Å². The lowest BCUT2D eigenvalue weighted by Crippen LogP contribution is -2.40. The van der Waals surface area contributed by atoms with E-state index in [0.29, 0.717) is 41.9 Å². The second-order valence-corrected chi connectivity index (χ2v) is 7.92. The average molecular weight is 405 g/mol. The van der Waals surface area contributed by atoms with Crippen molar-refractivity contribution in [1.29, 1.82) is 0 Å². The third-order valence-corrected chi connectivity index (χ3v) is 5.80. The molecule has 1 aromatic heterocycles. The topological polar surface area (TPSA) is 75.3 Å². The summed E-state index contributed by atoms with van der Waals surface area (Å²) < 4.78 is 5.24. The number of aryl methyl sites for hydroxylation is 1. The van der Waals surface area contributed by atoms with Crippen LogP contribution in [0.5, 0.6) is 5.75 Å². The van der Waals surface area contributed by atoms with Crippen LogP contribution in [0.3, 0.4) is 0 Å². The van der Waals surface area contributed by atoms with Crippen molar-refractivity contribution in [2.45, 2.75) is 45.1 Å². The van der Waals surface area contributed by atoms with Gasteiger partial charge in [0.1, 0.15) is 11.6 Å². The Hall–Kier alpha value is -3.15. The van der Waals surface area contributed by atoms with Gasteiger partial charge in [-0.15, -0.1) is 0 Å². The first-order valence-electron chi connectivity index (χ1n) is 10.5. The van der Waals surface area contributed by atoms with Gasteiger partial charge in [-0.3, -0.25) is 9.59 Å². The van der Waals surface area contributed by atoms with Gasteiger partial charge in [0.15, 0.2) is 0 Å². The standard InChI is InChI=1S/C24H27N3O3/c1-16(17-10-11-17)27(18-12-14-19(30-2)15-13-18)23(28)9-5-8-22-25-21-7-4-3-6-20(21)24(29)26-22/h3-4,6-7,12-17H,5,8-11H2,1-2H3,(H,25,26,29). The molecule has 30 heavy (non-hydrogen) atoms. The van der Waals surface area contributed by atoms with Crippen molar-refractivity contribution < 1.29 is 9.53 Å². The van der Waals surface area contributed by atoms with Crippen LogP contribution in [-0.4, -0.2) is 29.0 Å². The van der Waals surface area contributed by atoms with E-state index < -0.39 is 0 Å². The zero-order valence-corrected chi connectivity index (χ0v) is 17.4. The molecule has 6 heteroatoms. The molecule has 0 saturated heterocycles. The molecule has 1 heterocycles. The molecular formula is C24H27N3O3. The van der Waals surface area contributed by atoms with E-state index in [9.17, 15) is 9.59 Å². The predicted molar refractivity (Wildman–Crippen MR) is 118 cm³/mol. The number of nitrogens with zero attached hydrogens (tertiary/aromatic N) is 2. The van der Waals surface area contributed by atoms with Gasteiger partial charge < -0.3 is 14.6 Å². The smallest absolute Gasteiger partial charge is 0.258 e. The molecule has 1 saturated carbocycles. The largest absolute Gasteiger partial charge is 0.497 e. The van der Waals surface area contributed by atoms with Crippen LogP contribution < -0.4 is 15.2 Å². The number of carbonyl (C=O) groups excluding carboxylic acids is 1. The van der Waals surface area contributed by atoms with Crippen molar-refractivity contribution in [3.05, 3.63) is 64.7 Å². The fourth-order valence-electron chi connectivity index (χ4n) is 3.92. The van der Waals surface area contributed by atoms with Crippen LogP contribution in [0.15, 0.2) is 53.3 Å². The molecule has 0 aliphatic heterocycles. The number of H-pyrrole nitrogens is 1. The highest BCUT2D eigenvalue weighted by Crippen LogP contribution is 2.37. The van der Waals surface area contributed by atoms with Gasteiger partial charge in [-0.2, -0.15) is 0 Å². The summed E-state index contributed by atoms with van der Waals surface area (Å²) in [4.78, 5) is 34.7. The molecule has 1 fully saturated rings. The van der Waals surface area contributed by atoms with Crippen LogP contribution in [0.1, 0.15) is 38.4 Å². The summed E-state index contributed by atoms with van der Waals surface area (Å²) in [6.45, 7) is 2.13. The summed E-state index contributed by atoms with van der Waals surface area (Å²) in [5, 5.41) is 0.585. The fraction of sp³-hybridized carbons (Fsp3) is 0.375. The Balaban J connectivity index is 1.45. The highest BCUT2D eigenvalue weighted by atomic mass is 16.5. The molecule has 0 spiro atoms. The number of methoxy groups -OCH3 is 1. The van der Waals surface area contributed by atoms with E-state index in [1.54, 1.807) is 13.2 Å².